The number of hydrogen-bond acceptors (Lipinski definition) is 5. The number of nitrogens with one attached hydrogen (secondary N) is 2. The van der Waals surface area contributed by atoms with E-state index in [1.165, 1.54) is 0 Å². The fraction of sp³-hybridized carbons (Fsp3) is 0.345. The lowest BCUT2D eigenvalue weighted by atomic mass is 10.0. The molecule has 1 fully saturated rings. The molecule has 3 aromatic rings. The van der Waals surface area contributed by atoms with Crippen molar-refractivity contribution in [3.05, 3.63) is 71.8 Å². The highest BCUT2D eigenvalue weighted by Gasteiger charge is 2.21. The minimum Gasteiger partial charge on any atom is -0.490 e. The van der Waals surface area contributed by atoms with Gasteiger partial charge >= 0.3 is 0 Å². The first-order valence-corrected chi connectivity index (χ1v) is 12.6. The summed E-state index contributed by atoms with van der Waals surface area (Å²) in [7, 11) is 3.77. The Labute approximate surface area is 218 Å². The van der Waals surface area contributed by atoms with E-state index in [1.54, 1.807) is 4.90 Å². The lowest BCUT2D eigenvalue weighted by Gasteiger charge is -2.33. The number of rotatable bonds is 8. The maximum atomic E-state index is 13.2. The van der Waals surface area contributed by atoms with Crippen molar-refractivity contribution in [2.45, 2.75) is 32.4 Å². The summed E-state index contributed by atoms with van der Waals surface area (Å²) in [5.41, 5.74) is 8.17. The number of nitrogens with zero attached hydrogens (tertiary/aromatic N) is 3. The highest BCUT2D eigenvalue weighted by molar-refractivity contribution is 5.99. The molecule has 1 aliphatic rings. The van der Waals surface area contributed by atoms with E-state index in [-0.39, 0.29) is 17.8 Å². The van der Waals surface area contributed by atoms with Gasteiger partial charge in [-0.05, 0) is 73.8 Å². The second-order valence-corrected chi connectivity index (χ2v) is 9.91. The van der Waals surface area contributed by atoms with Gasteiger partial charge in [0.05, 0.1) is 18.9 Å². The Bertz CT molecular complexity index is 1280. The number of benzene rings is 3. The number of ether oxygens (including phenoxy) is 1. The number of fused-ring (bicyclic) bond motifs is 1. The maximum absolute atomic E-state index is 13.2. The van der Waals surface area contributed by atoms with Crippen LogP contribution in [0, 0.1) is 10.8 Å². The monoisotopic (exact) mass is 500 g/mol. The summed E-state index contributed by atoms with van der Waals surface area (Å²) < 4.78 is 6.20. The molecule has 0 atom stereocenters. The van der Waals surface area contributed by atoms with E-state index in [1.807, 2.05) is 80.5 Å². The van der Waals surface area contributed by atoms with Crippen LogP contribution in [0.2, 0.25) is 0 Å². The standard InChI is InChI=1S/C29H36N6O2/c1-20(30)34-14-12-27(13-15-34)37-26-10-8-25(9-11-26)35(28(36)19-33(2)3)18-21-4-5-22-6-7-23(29(31)32)17-24(22)16-21/h4-11,16-17,27,30H,12-15,18-19H2,1-3H3,(H3,31,32). The first-order valence-electron chi connectivity index (χ1n) is 12.6. The molecule has 4 rings (SSSR count). The minimum absolute atomic E-state index is 0.00522. The van der Waals surface area contributed by atoms with Gasteiger partial charge in [0, 0.05) is 37.2 Å². The van der Waals surface area contributed by atoms with Gasteiger partial charge in [-0.1, -0.05) is 24.3 Å². The number of nitrogen functional groups attached to an aromatic ring is 1. The topological polar surface area (TPSA) is 110 Å². The van der Waals surface area contributed by atoms with Crippen molar-refractivity contribution >= 4 is 34.0 Å². The number of amides is 1. The summed E-state index contributed by atoms with van der Waals surface area (Å²) in [6.07, 6.45) is 1.91. The van der Waals surface area contributed by atoms with E-state index in [4.69, 9.17) is 21.3 Å². The van der Waals surface area contributed by atoms with Crippen LogP contribution in [0.5, 0.6) is 5.75 Å². The van der Waals surface area contributed by atoms with Crippen LogP contribution < -0.4 is 15.4 Å². The minimum atomic E-state index is 0.00522. The molecule has 0 spiro atoms. The molecule has 0 bridgehead atoms. The van der Waals surface area contributed by atoms with Crippen LogP contribution in [-0.4, -0.2) is 67.2 Å². The lowest BCUT2D eigenvalue weighted by Crippen LogP contribution is -2.40. The zero-order valence-corrected chi connectivity index (χ0v) is 21.8. The zero-order valence-electron chi connectivity index (χ0n) is 21.8. The van der Waals surface area contributed by atoms with Crippen LogP contribution in [0.1, 0.15) is 30.9 Å². The molecule has 1 saturated heterocycles. The average Bonchev–Trinajstić information content (AvgIpc) is 2.87. The molecule has 0 saturated carbocycles. The van der Waals surface area contributed by atoms with E-state index < -0.39 is 0 Å². The van der Waals surface area contributed by atoms with Gasteiger partial charge in [0.25, 0.3) is 0 Å². The Morgan fingerprint density at radius 3 is 2.30 bits per heavy atom. The molecule has 1 amide bonds. The van der Waals surface area contributed by atoms with E-state index in [0.29, 0.717) is 24.5 Å². The van der Waals surface area contributed by atoms with Gasteiger partial charge in [0.1, 0.15) is 17.7 Å². The van der Waals surface area contributed by atoms with Gasteiger partial charge in [0.15, 0.2) is 0 Å². The molecular formula is C29H36N6O2. The highest BCUT2D eigenvalue weighted by atomic mass is 16.5. The fourth-order valence-electron chi connectivity index (χ4n) is 4.63. The molecule has 3 aromatic carbocycles. The predicted molar refractivity (Wildman–Crippen MR) is 150 cm³/mol. The Morgan fingerprint density at radius 1 is 1.00 bits per heavy atom. The first-order chi connectivity index (χ1) is 17.7. The maximum Gasteiger partial charge on any atom is 0.241 e. The zero-order chi connectivity index (χ0) is 26.5. The van der Waals surface area contributed by atoms with Crippen LogP contribution in [0.25, 0.3) is 10.8 Å². The molecular weight excluding hydrogens is 464 g/mol. The summed E-state index contributed by atoms with van der Waals surface area (Å²) in [6.45, 7) is 4.22. The number of carbonyl (C=O) groups excluding carboxylic acids is 1. The van der Waals surface area contributed by atoms with Crippen LogP contribution >= 0.6 is 0 Å². The van der Waals surface area contributed by atoms with Crippen molar-refractivity contribution in [1.29, 1.82) is 10.8 Å². The number of likely N-dealkylation sites (N-methyl/N-ethyl adjacent to an activating group) is 1. The third-order valence-electron chi connectivity index (χ3n) is 6.68. The third-order valence-corrected chi connectivity index (χ3v) is 6.68. The molecule has 4 N–H and O–H groups in total. The number of hydrogen-bond donors (Lipinski definition) is 3. The molecule has 8 heteroatoms. The summed E-state index contributed by atoms with van der Waals surface area (Å²) >= 11 is 0. The molecule has 1 aliphatic heterocycles. The Kier molecular flexibility index (Phi) is 8.08. The second kappa shape index (κ2) is 11.4. The summed E-state index contributed by atoms with van der Waals surface area (Å²) in [5, 5.41) is 17.6. The van der Waals surface area contributed by atoms with Crippen molar-refractivity contribution in [2.24, 2.45) is 5.73 Å². The number of carbonyl (C=O) groups is 1. The van der Waals surface area contributed by atoms with Crippen LogP contribution in [0.15, 0.2) is 60.7 Å². The van der Waals surface area contributed by atoms with E-state index >= 15 is 0 Å². The number of piperidine rings is 1. The number of amidine groups is 2. The van der Waals surface area contributed by atoms with Crippen molar-refractivity contribution in [3.63, 3.8) is 0 Å². The van der Waals surface area contributed by atoms with Crippen LogP contribution in [-0.2, 0) is 11.3 Å². The van der Waals surface area contributed by atoms with Crippen molar-refractivity contribution in [1.82, 2.24) is 9.80 Å². The number of anilines is 1. The van der Waals surface area contributed by atoms with Crippen molar-refractivity contribution in [3.8, 4) is 5.75 Å². The molecule has 1 heterocycles. The van der Waals surface area contributed by atoms with E-state index in [0.717, 1.165) is 53.7 Å². The summed E-state index contributed by atoms with van der Waals surface area (Å²) in [4.78, 5) is 19.0. The van der Waals surface area contributed by atoms with E-state index in [2.05, 4.69) is 11.0 Å². The van der Waals surface area contributed by atoms with E-state index in [9.17, 15) is 4.79 Å². The molecule has 0 aromatic heterocycles. The largest absolute Gasteiger partial charge is 0.490 e. The smallest absolute Gasteiger partial charge is 0.241 e. The Hall–Kier alpha value is -3.91. The molecule has 0 radical (unpaired) electrons. The van der Waals surface area contributed by atoms with Gasteiger partial charge in [0.2, 0.25) is 5.91 Å². The normalized spacial score (nSPS) is 14.1. The second-order valence-electron chi connectivity index (χ2n) is 9.91. The van der Waals surface area contributed by atoms with Gasteiger partial charge in [-0.3, -0.25) is 15.6 Å². The van der Waals surface area contributed by atoms with Gasteiger partial charge in [-0.15, -0.1) is 0 Å². The molecule has 37 heavy (non-hydrogen) atoms. The van der Waals surface area contributed by atoms with Crippen molar-refractivity contribution < 1.29 is 9.53 Å². The van der Waals surface area contributed by atoms with Gasteiger partial charge < -0.3 is 25.2 Å². The molecule has 0 unspecified atom stereocenters. The SMILES string of the molecule is CC(=N)N1CCC(Oc2ccc(N(Cc3ccc4ccc(C(=N)N)cc4c3)C(=O)CN(C)C)cc2)CC1. The van der Waals surface area contributed by atoms with Gasteiger partial charge in [-0.2, -0.15) is 0 Å². The van der Waals surface area contributed by atoms with Crippen molar-refractivity contribution in [2.75, 3.05) is 38.6 Å². The first kappa shape index (κ1) is 26.2. The Morgan fingerprint density at radius 2 is 1.68 bits per heavy atom. The number of nitrogens with two attached hydrogens (primary N) is 1. The predicted octanol–water partition coefficient (Wildman–Crippen LogP) is 4.06. The summed E-state index contributed by atoms with van der Waals surface area (Å²) in [6, 6.07) is 19.6. The third kappa shape index (κ3) is 6.65. The summed E-state index contributed by atoms with van der Waals surface area (Å²) in [5.74, 6) is 1.44. The van der Waals surface area contributed by atoms with Gasteiger partial charge in [-0.25, -0.2) is 0 Å². The Balaban J connectivity index is 1.52. The number of likely N-dealkylation sites (tertiary alicyclic amines) is 1. The highest BCUT2D eigenvalue weighted by Crippen LogP contribution is 2.26. The van der Waals surface area contributed by atoms with Crippen LogP contribution in [0.4, 0.5) is 5.69 Å². The average molecular weight is 501 g/mol. The molecule has 0 aliphatic carbocycles. The lowest BCUT2D eigenvalue weighted by molar-refractivity contribution is -0.119. The van der Waals surface area contributed by atoms with Crippen LogP contribution in [0.3, 0.4) is 0 Å². The quantitative estimate of drug-likeness (QED) is 0.319. The molecule has 8 nitrogen and oxygen atoms in total. The molecule has 194 valence electrons. The fourth-order valence-corrected chi connectivity index (χ4v) is 4.63.